The number of aryl methyl sites for hydroxylation is 1. The van der Waals surface area contributed by atoms with Gasteiger partial charge in [-0.2, -0.15) is 13.2 Å². The molecule has 0 saturated carbocycles. The summed E-state index contributed by atoms with van der Waals surface area (Å²) in [4.78, 5) is 22.8. The van der Waals surface area contributed by atoms with Crippen molar-refractivity contribution in [3.05, 3.63) is 53.7 Å². The van der Waals surface area contributed by atoms with Gasteiger partial charge in [-0.1, -0.05) is 6.07 Å². The van der Waals surface area contributed by atoms with Crippen molar-refractivity contribution in [2.45, 2.75) is 38.0 Å². The van der Waals surface area contributed by atoms with Crippen LogP contribution in [0.4, 0.5) is 24.5 Å². The van der Waals surface area contributed by atoms with Crippen molar-refractivity contribution < 1.29 is 31.5 Å². The molecule has 36 heavy (non-hydrogen) atoms. The topological polar surface area (TPSA) is 117 Å². The SMILES string of the molecule is CC1(O)CCN(c2cc3nc(CCS(C)(=O)=O)cn3cc2NC(=O)c2cccc(C(F)(F)F)n2)CC1. The number of fused-ring (bicyclic) bond motifs is 1. The molecule has 4 heterocycles. The van der Waals surface area contributed by atoms with Gasteiger partial charge in [0, 0.05) is 44.2 Å². The Kier molecular flexibility index (Phi) is 6.73. The van der Waals surface area contributed by atoms with Gasteiger partial charge >= 0.3 is 6.18 Å². The lowest BCUT2D eigenvalue weighted by Crippen LogP contribution is -2.42. The number of rotatable bonds is 6. The lowest BCUT2D eigenvalue weighted by atomic mass is 9.93. The monoisotopic (exact) mass is 525 g/mol. The maximum absolute atomic E-state index is 13.1. The van der Waals surface area contributed by atoms with Crippen LogP contribution in [-0.2, 0) is 22.4 Å². The number of carbonyl (C=O) groups excluding carboxylic acids is 1. The Labute approximate surface area is 205 Å². The van der Waals surface area contributed by atoms with Gasteiger partial charge in [0.2, 0.25) is 0 Å². The van der Waals surface area contributed by atoms with Crippen LogP contribution in [0.3, 0.4) is 0 Å². The third-order valence-corrected chi connectivity index (χ3v) is 7.00. The zero-order valence-electron chi connectivity index (χ0n) is 19.7. The van der Waals surface area contributed by atoms with Crippen molar-refractivity contribution in [1.29, 1.82) is 0 Å². The second-order valence-electron chi connectivity index (χ2n) is 9.29. The first-order chi connectivity index (χ1) is 16.7. The molecule has 1 aliphatic rings. The molecular formula is C23H26F3N5O4S. The Morgan fingerprint density at radius 3 is 2.53 bits per heavy atom. The van der Waals surface area contributed by atoms with E-state index in [4.69, 9.17) is 0 Å². The Balaban J connectivity index is 1.69. The number of hydrogen-bond donors (Lipinski definition) is 2. The highest BCUT2D eigenvalue weighted by molar-refractivity contribution is 7.90. The number of piperidine rings is 1. The van der Waals surface area contributed by atoms with Gasteiger partial charge in [-0.3, -0.25) is 4.79 Å². The molecule has 1 amide bonds. The van der Waals surface area contributed by atoms with Crippen LogP contribution in [0.1, 0.15) is 41.6 Å². The van der Waals surface area contributed by atoms with E-state index in [2.05, 4.69) is 15.3 Å². The summed E-state index contributed by atoms with van der Waals surface area (Å²) in [5.74, 6) is -0.890. The number of hydrogen-bond acceptors (Lipinski definition) is 7. The molecule has 0 aromatic carbocycles. The summed E-state index contributed by atoms with van der Waals surface area (Å²) < 4.78 is 63.9. The average Bonchev–Trinajstić information content (AvgIpc) is 3.18. The molecule has 0 unspecified atom stereocenters. The lowest BCUT2D eigenvalue weighted by Gasteiger charge is -2.37. The molecule has 0 bridgehead atoms. The zero-order valence-corrected chi connectivity index (χ0v) is 20.5. The van der Waals surface area contributed by atoms with E-state index in [-0.39, 0.29) is 12.2 Å². The van der Waals surface area contributed by atoms with Gasteiger partial charge in [0.1, 0.15) is 26.9 Å². The average molecular weight is 526 g/mol. The molecular weight excluding hydrogens is 499 g/mol. The molecule has 3 aromatic rings. The smallest absolute Gasteiger partial charge is 0.390 e. The molecule has 9 nitrogen and oxygen atoms in total. The number of amides is 1. The minimum absolute atomic E-state index is 0.0737. The fourth-order valence-electron chi connectivity index (χ4n) is 3.98. The number of anilines is 2. The molecule has 3 aromatic heterocycles. The van der Waals surface area contributed by atoms with Crippen LogP contribution in [0.2, 0.25) is 0 Å². The van der Waals surface area contributed by atoms with Crippen molar-refractivity contribution in [2.75, 3.05) is 35.3 Å². The zero-order chi connectivity index (χ0) is 26.3. The fraction of sp³-hybridized carbons (Fsp3) is 0.435. The number of nitrogens with zero attached hydrogens (tertiary/aromatic N) is 4. The number of aromatic nitrogens is 3. The van der Waals surface area contributed by atoms with E-state index in [1.807, 2.05) is 4.90 Å². The number of pyridine rings is 2. The van der Waals surface area contributed by atoms with Crippen LogP contribution in [0.25, 0.3) is 5.65 Å². The predicted octanol–water partition coefficient (Wildman–Crippen LogP) is 2.94. The number of imidazole rings is 1. The molecule has 1 saturated heterocycles. The van der Waals surface area contributed by atoms with E-state index >= 15 is 0 Å². The van der Waals surface area contributed by atoms with Crippen LogP contribution in [0.5, 0.6) is 0 Å². The Hall–Kier alpha value is -3.19. The van der Waals surface area contributed by atoms with E-state index in [1.165, 1.54) is 6.07 Å². The summed E-state index contributed by atoms with van der Waals surface area (Å²) in [6.07, 6.45) is 0.844. The van der Waals surface area contributed by atoms with Gasteiger partial charge in [0.05, 0.1) is 28.4 Å². The van der Waals surface area contributed by atoms with E-state index in [9.17, 15) is 31.5 Å². The van der Waals surface area contributed by atoms with Crippen LogP contribution in [0, 0.1) is 0 Å². The minimum Gasteiger partial charge on any atom is -0.390 e. The van der Waals surface area contributed by atoms with E-state index in [0.717, 1.165) is 18.4 Å². The lowest BCUT2D eigenvalue weighted by molar-refractivity contribution is -0.141. The van der Waals surface area contributed by atoms with Crippen molar-refractivity contribution in [3.63, 3.8) is 0 Å². The predicted molar refractivity (Wildman–Crippen MR) is 128 cm³/mol. The normalized spacial score (nSPS) is 16.3. The van der Waals surface area contributed by atoms with Crippen LogP contribution < -0.4 is 10.2 Å². The van der Waals surface area contributed by atoms with Gasteiger partial charge in [-0.05, 0) is 31.9 Å². The summed E-state index contributed by atoms with van der Waals surface area (Å²) in [7, 11) is -3.19. The van der Waals surface area contributed by atoms with E-state index < -0.39 is 38.9 Å². The summed E-state index contributed by atoms with van der Waals surface area (Å²) in [6, 6.07) is 4.82. The first-order valence-corrected chi connectivity index (χ1v) is 13.3. The molecule has 2 N–H and O–H groups in total. The summed E-state index contributed by atoms with van der Waals surface area (Å²) in [5, 5.41) is 13.0. The van der Waals surface area contributed by atoms with Gasteiger partial charge in [-0.25, -0.2) is 18.4 Å². The molecule has 194 valence electrons. The summed E-state index contributed by atoms with van der Waals surface area (Å²) in [6.45, 7) is 2.71. The molecule has 1 aliphatic heterocycles. The molecule has 1 fully saturated rings. The van der Waals surface area contributed by atoms with E-state index in [1.54, 1.807) is 29.8 Å². The van der Waals surface area contributed by atoms with Crippen LogP contribution >= 0.6 is 0 Å². The maximum atomic E-state index is 13.1. The van der Waals surface area contributed by atoms with Crippen LogP contribution in [-0.4, -0.2) is 64.5 Å². The number of halogens is 3. The molecule has 13 heteroatoms. The number of sulfone groups is 1. The molecule has 4 rings (SSSR count). The standard InChI is InChI=1S/C23H26F3N5O4S/c1-22(33)7-9-30(10-8-22)18-12-20-27-15(6-11-36(2,34)35)13-31(20)14-17(18)29-21(32)16-4-3-5-19(28-16)23(24,25)26/h3-5,12-14,33H,6-11H2,1-2H3,(H,29,32). The Bertz CT molecular complexity index is 1390. The first kappa shape index (κ1) is 25.9. The number of carbonyl (C=O) groups is 1. The minimum atomic E-state index is -4.69. The Morgan fingerprint density at radius 1 is 1.19 bits per heavy atom. The first-order valence-electron chi connectivity index (χ1n) is 11.2. The number of nitrogens with one attached hydrogen (secondary N) is 1. The number of aliphatic hydroxyl groups is 1. The molecule has 0 spiro atoms. The maximum Gasteiger partial charge on any atom is 0.433 e. The highest BCUT2D eigenvalue weighted by Crippen LogP contribution is 2.33. The van der Waals surface area contributed by atoms with Gasteiger partial charge < -0.3 is 19.7 Å². The molecule has 0 radical (unpaired) electrons. The van der Waals surface area contributed by atoms with Crippen LogP contribution in [0.15, 0.2) is 36.7 Å². The third-order valence-electron chi connectivity index (χ3n) is 6.05. The molecule has 0 atom stereocenters. The fourth-order valence-corrected chi connectivity index (χ4v) is 4.56. The quantitative estimate of drug-likeness (QED) is 0.508. The van der Waals surface area contributed by atoms with Gasteiger partial charge in [-0.15, -0.1) is 0 Å². The van der Waals surface area contributed by atoms with Crippen molar-refractivity contribution >= 4 is 32.8 Å². The largest absolute Gasteiger partial charge is 0.433 e. The summed E-state index contributed by atoms with van der Waals surface area (Å²) >= 11 is 0. The number of alkyl halides is 3. The van der Waals surface area contributed by atoms with E-state index in [0.29, 0.717) is 48.6 Å². The van der Waals surface area contributed by atoms with Gasteiger partial charge in [0.25, 0.3) is 5.91 Å². The highest BCUT2D eigenvalue weighted by atomic mass is 32.2. The van der Waals surface area contributed by atoms with Gasteiger partial charge in [0.15, 0.2) is 0 Å². The van der Waals surface area contributed by atoms with Crippen molar-refractivity contribution in [2.24, 2.45) is 0 Å². The Morgan fingerprint density at radius 2 is 1.89 bits per heavy atom. The second-order valence-corrected chi connectivity index (χ2v) is 11.6. The highest BCUT2D eigenvalue weighted by Gasteiger charge is 2.33. The molecule has 0 aliphatic carbocycles. The summed E-state index contributed by atoms with van der Waals surface area (Å²) in [5.41, 5.74) is -0.431. The second kappa shape index (κ2) is 9.36. The van der Waals surface area contributed by atoms with Crippen molar-refractivity contribution in [3.8, 4) is 0 Å². The van der Waals surface area contributed by atoms with Crippen molar-refractivity contribution in [1.82, 2.24) is 14.4 Å². The third kappa shape index (κ3) is 6.13.